The van der Waals surface area contributed by atoms with E-state index < -0.39 is 0 Å². The van der Waals surface area contributed by atoms with Crippen molar-refractivity contribution in [1.82, 2.24) is 10.9 Å². The van der Waals surface area contributed by atoms with E-state index in [1.54, 1.807) is 6.21 Å². The Hall–Kier alpha value is -2.17. The van der Waals surface area contributed by atoms with Gasteiger partial charge in [0.05, 0.1) is 6.21 Å². The maximum Gasteiger partial charge on any atom is 0.230 e. The predicted molar refractivity (Wildman–Crippen MR) is 71.7 cm³/mol. The molecule has 0 spiro atoms. The van der Waals surface area contributed by atoms with Gasteiger partial charge in [0.25, 0.3) is 0 Å². The molecule has 0 fully saturated rings. The van der Waals surface area contributed by atoms with Crippen molar-refractivity contribution in [3.05, 3.63) is 35.4 Å². The smallest absolute Gasteiger partial charge is 0.230 e. The van der Waals surface area contributed by atoms with Crippen molar-refractivity contribution in [3.63, 3.8) is 0 Å². The molecule has 0 aliphatic heterocycles. The lowest BCUT2D eigenvalue weighted by Crippen LogP contribution is -2.28. The zero-order chi connectivity index (χ0) is 12.7. The minimum atomic E-state index is -0.0185. The fourth-order valence-corrected chi connectivity index (χ4v) is 1.24. The number of rotatable bonds is 4. The molecule has 0 aliphatic rings. The van der Waals surface area contributed by atoms with Crippen LogP contribution in [0.1, 0.15) is 30.9 Å². The van der Waals surface area contributed by atoms with Crippen LogP contribution in [0.25, 0.3) is 0 Å². The average Bonchev–Trinajstić information content (AvgIpc) is 2.30. The number of nitrogens with zero attached hydrogens (tertiary/aromatic N) is 2. The molecular weight excluding hydrogens is 214 g/mol. The maximum atomic E-state index is 7.28. The van der Waals surface area contributed by atoms with Gasteiger partial charge in [-0.3, -0.25) is 5.41 Å². The highest BCUT2D eigenvalue weighted by Crippen LogP contribution is 2.13. The minimum absolute atomic E-state index is 0.0185. The summed E-state index contributed by atoms with van der Waals surface area (Å²) in [6.45, 7) is 7.50. The van der Waals surface area contributed by atoms with Crippen LogP contribution in [-0.2, 0) is 0 Å². The molecule has 0 saturated carbocycles. The second-order valence-corrected chi connectivity index (χ2v) is 3.84. The summed E-state index contributed by atoms with van der Waals surface area (Å²) < 4.78 is 0. The van der Waals surface area contributed by atoms with E-state index >= 15 is 0 Å². The van der Waals surface area contributed by atoms with Gasteiger partial charge in [0.1, 0.15) is 0 Å². The van der Waals surface area contributed by atoms with Gasteiger partial charge in [-0.05, 0) is 17.0 Å². The van der Waals surface area contributed by atoms with E-state index in [9.17, 15) is 0 Å². The Bertz CT molecular complexity index is 405. The van der Waals surface area contributed by atoms with Gasteiger partial charge in [-0.1, -0.05) is 38.1 Å². The average molecular weight is 231 g/mol. The first-order chi connectivity index (χ1) is 8.13. The lowest BCUT2D eigenvalue weighted by atomic mass is 10.0. The molecule has 0 amide bonds. The predicted octanol–water partition coefficient (Wildman–Crippen LogP) is 1.87. The molecule has 0 radical (unpaired) electrons. The molecule has 17 heavy (non-hydrogen) atoms. The van der Waals surface area contributed by atoms with E-state index in [1.165, 1.54) is 5.56 Å². The molecule has 0 bridgehead atoms. The van der Waals surface area contributed by atoms with Crippen LogP contribution < -0.4 is 10.9 Å². The molecule has 0 atom stereocenters. The van der Waals surface area contributed by atoms with Crippen LogP contribution in [0.3, 0.4) is 0 Å². The fourth-order valence-electron chi connectivity index (χ4n) is 1.24. The van der Waals surface area contributed by atoms with Crippen molar-refractivity contribution in [3.8, 4) is 0 Å². The van der Waals surface area contributed by atoms with Crippen LogP contribution in [0.2, 0.25) is 0 Å². The third-order valence-electron chi connectivity index (χ3n) is 2.18. The van der Waals surface area contributed by atoms with E-state index in [1.807, 2.05) is 12.1 Å². The highest BCUT2D eigenvalue weighted by Gasteiger charge is 1.97. The van der Waals surface area contributed by atoms with Crippen molar-refractivity contribution in [2.45, 2.75) is 19.8 Å². The second kappa shape index (κ2) is 6.42. The third-order valence-corrected chi connectivity index (χ3v) is 2.18. The normalized spacial score (nSPS) is 10.5. The molecule has 5 nitrogen and oxygen atoms in total. The van der Waals surface area contributed by atoms with Crippen molar-refractivity contribution in [1.29, 1.82) is 5.41 Å². The van der Waals surface area contributed by atoms with Crippen molar-refractivity contribution >= 4 is 18.9 Å². The first-order valence-corrected chi connectivity index (χ1v) is 5.33. The standard InChI is InChI=1S/C12H17N5/c1-9(2)11-6-4-10(5-7-11)8-15-17-12(13)16-14-3/h4-9H,3H2,1-2H3,(H3,13,16,17)/b15-8+. The molecule has 0 saturated heterocycles. The van der Waals surface area contributed by atoms with Gasteiger partial charge in [0, 0.05) is 6.72 Å². The topological polar surface area (TPSA) is 72.6 Å². The molecule has 1 rings (SSSR count). The Morgan fingerprint density at radius 1 is 1.29 bits per heavy atom. The lowest BCUT2D eigenvalue weighted by Gasteiger charge is -2.04. The summed E-state index contributed by atoms with van der Waals surface area (Å²) in [7, 11) is 0. The number of guanidine groups is 1. The van der Waals surface area contributed by atoms with Gasteiger partial charge in [-0.2, -0.15) is 10.2 Å². The summed E-state index contributed by atoms with van der Waals surface area (Å²) in [6, 6.07) is 8.12. The van der Waals surface area contributed by atoms with Crippen LogP contribution in [0, 0.1) is 5.41 Å². The van der Waals surface area contributed by atoms with Crippen LogP contribution in [0.15, 0.2) is 34.5 Å². The van der Waals surface area contributed by atoms with Gasteiger partial charge in [0.15, 0.2) is 0 Å². The minimum Gasteiger partial charge on any atom is -0.266 e. The molecular formula is C12H17N5. The SMILES string of the molecule is C=NNC(=N)N/N=C/c1ccc(C(C)C)cc1. The lowest BCUT2D eigenvalue weighted by molar-refractivity contribution is 0.866. The zero-order valence-electron chi connectivity index (χ0n) is 10.1. The maximum absolute atomic E-state index is 7.28. The van der Waals surface area contributed by atoms with E-state index in [0.717, 1.165) is 5.56 Å². The molecule has 0 aliphatic carbocycles. The first kappa shape index (κ1) is 12.9. The van der Waals surface area contributed by atoms with Crippen molar-refractivity contribution in [2.24, 2.45) is 10.2 Å². The monoisotopic (exact) mass is 231 g/mol. The van der Waals surface area contributed by atoms with Crippen molar-refractivity contribution < 1.29 is 0 Å². The van der Waals surface area contributed by atoms with Crippen molar-refractivity contribution in [2.75, 3.05) is 0 Å². The Kier molecular flexibility index (Phi) is 4.87. The Balaban J connectivity index is 2.54. The van der Waals surface area contributed by atoms with Gasteiger partial charge in [0.2, 0.25) is 5.96 Å². The Morgan fingerprint density at radius 2 is 1.94 bits per heavy atom. The first-order valence-electron chi connectivity index (χ1n) is 5.33. The van der Waals surface area contributed by atoms with Crippen LogP contribution in [-0.4, -0.2) is 18.9 Å². The number of benzene rings is 1. The highest BCUT2D eigenvalue weighted by molar-refractivity contribution is 5.82. The third kappa shape index (κ3) is 4.46. The second-order valence-electron chi connectivity index (χ2n) is 3.84. The Labute approximate surface area is 101 Å². The molecule has 0 aromatic heterocycles. The molecule has 3 N–H and O–H groups in total. The van der Waals surface area contributed by atoms with Gasteiger partial charge in [-0.25, -0.2) is 10.9 Å². The zero-order valence-corrected chi connectivity index (χ0v) is 10.1. The summed E-state index contributed by atoms with van der Waals surface area (Å²) >= 11 is 0. The molecule has 1 aromatic carbocycles. The van der Waals surface area contributed by atoms with Gasteiger partial charge < -0.3 is 0 Å². The summed E-state index contributed by atoms with van der Waals surface area (Å²) in [5.41, 5.74) is 7.07. The van der Waals surface area contributed by atoms with E-state index in [2.05, 4.69) is 53.8 Å². The highest BCUT2D eigenvalue weighted by atomic mass is 15.4. The molecule has 1 aromatic rings. The number of hydrazone groups is 2. The molecule has 0 unspecified atom stereocenters. The number of hydrogen-bond acceptors (Lipinski definition) is 3. The van der Waals surface area contributed by atoms with Crippen LogP contribution >= 0.6 is 0 Å². The molecule has 0 heterocycles. The summed E-state index contributed by atoms with van der Waals surface area (Å²) in [5, 5.41) is 14.5. The van der Waals surface area contributed by atoms with E-state index in [4.69, 9.17) is 5.41 Å². The van der Waals surface area contributed by atoms with Gasteiger partial charge >= 0.3 is 0 Å². The van der Waals surface area contributed by atoms with Crippen LogP contribution in [0.5, 0.6) is 0 Å². The largest absolute Gasteiger partial charge is 0.266 e. The fraction of sp³-hybridized carbons (Fsp3) is 0.250. The quantitative estimate of drug-likeness (QED) is 0.420. The van der Waals surface area contributed by atoms with E-state index in [-0.39, 0.29) is 5.96 Å². The number of hydrogen-bond donors (Lipinski definition) is 3. The number of nitrogens with one attached hydrogen (secondary N) is 3. The summed E-state index contributed by atoms with van der Waals surface area (Å²) in [6.07, 6.45) is 1.64. The van der Waals surface area contributed by atoms with E-state index in [0.29, 0.717) is 5.92 Å². The van der Waals surface area contributed by atoms with Gasteiger partial charge in [-0.15, -0.1) is 0 Å². The molecule has 5 heteroatoms. The summed E-state index contributed by atoms with van der Waals surface area (Å²) in [5.74, 6) is 0.505. The summed E-state index contributed by atoms with van der Waals surface area (Å²) in [4.78, 5) is 0. The molecule has 90 valence electrons. The van der Waals surface area contributed by atoms with Crippen LogP contribution in [0.4, 0.5) is 0 Å². The Morgan fingerprint density at radius 3 is 2.47 bits per heavy atom.